The molecule has 4 heterocycles. The van der Waals surface area contributed by atoms with Gasteiger partial charge in [-0.1, -0.05) is 18.2 Å². The predicted octanol–water partition coefficient (Wildman–Crippen LogP) is 6.03. The molecule has 1 unspecified atom stereocenters. The van der Waals surface area contributed by atoms with Gasteiger partial charge in [0.2, 0.25) is 0 Å². The van der Waals surface area contributed by atoms with Crippen LogP contribution in [0.5, 0.6) is 0 Å². The summed E-state index contributed by atoms with van der Waals surface area (Å²) in [5.41, 5.74) is 1.94. The first-order valence-electron chi connectivity index (χ1n) is 12.6. The Hall–Kier alpha value is -2.94. The number of thiophene rings is 1. The molecule has 0 bridgehead atoms. The molecular formula is C26H27F3N4O4S3. The van der Waals surface area contributed by atoms with Crippen molar-refractivity contribution >= 4 is 55.3 Å². The van der Waals surface area contributed by atoms with Crippen LogP contribution in [0, 0.1) is 0 Å². The minimum Gasteiger partial charge on any atom is -0.454 e. The van der Waals surface area contributed by atoms with E-state index < -0.39 is 28.3 Å². The number of aromatic nitrogens is 2. The van der Waals surface area contributed by atoms with Gasteiger partial charge >= 0.3 is 12.1 Å². The molecular weight excluding hydrogens is 586 g/mol. The molecule has 1 fully saturated rings. The molecule has 8 nitrogen and oxygen atoms in total. The fourth-order valence-electron chi connectivity index (χ4n) is 4.83. The van der Waals surface area contributed by atoms with Crippen molar-refractivity contribution < 1.29 is 31.1 Å². The number of piperidine rings is 1. The zero-order chi connectivity index (χ0) is 28.7. The summed E-state index contributed by atoms with van der Waals surface area (Å²) < 4.78 is 71.1. The van der Waals surface area contributed by atoms with Crippen molar-refractivity contribution in [2.24, 2.45) is 0 Å². The Morgan fingerprint density at radius 3 is 2.77 bits per heavy atom. The number of carbonyl (C=O) groups is 1. The Kier molecular flexibility index (Phi) is 7.97. The number of alkyl halides is 3. The number of likely N-dealkylation sites (tertiary alicyclic amines) is 1. The maximum atomic E-state index is 13.5. The summed E-state index contributed by atoms with van der Waals surface area (Å²) in [6, 6.07) is 10.4. The van der Waals surface area contributed by atoms with Gasteiger partial charge in [0.1, 0.15) is 15.3 Å². The summed E-state index contributed by atoms with van der Waals surface area (Å²) in [4.78, 5) is 22.0. The van der Waals surface area contributed by atoms with Gasteiger partial charge in [-0.15, -0.1) is 22.7 Å². The average molecular weight is 613 g/mol. The number of sulfonamides is 1. The first-order chi connectivity index (χ1) is 18.9. The molecule has 0 saturated carbocycles. The number of H-pyrrole nitrogens is 1. The van der Waals surface area contributed by atoms with Gasteiger partial charge in [-0.2, -0.15) is 13.2 Å². The monoisotopic (exact) mass is 612 g/mol. The van der Waals surface area contributed by atoms with Crippen LogP contribution in [0.25, 0.3) is 21.6 Å². The quantitative estimate of drug-likeness (QED) is 0.244. The minimum atomic E-state index is -5.01. The lowest BCUT2D eigenvalue weighted by Crippen LogP contribution is -2.42. The SMILES string of the molecule is CC(C)N(c1cccc2cc(-c3ncc(CN4CCCC(OC(=O)C(F)(F)F)C4)s3)[nH]c12)S(=O)(=O)c1cccs1. The van der Waals surface area contributed by atoms with Gasteiger partial charge in [0, 0.05) is 35.6 Å². The normalized spacial score (nSPS) is 17.0. The van der Waals surface area contributed by atoms with Crippen LogP contribution in [0.15, 0.2) is 52.2 Å². The molecule has 1 N–H and O–H groups in total. The van der Waals surface area contributed by atoms with Gasteiger partial charge < -0.3 is 9.72 Å². The van der Waals surface area contributed by atoms with Gasteiger partial charge in [-0.05, 0) is 56.8 Å². The van der Waals surface area contributed by atoms with Gasteiger partial charge in [0.05, 0.1) is 16.9 Å². The minimum absolute atomic E-state index is 0.217. The Labute approximate surface area is 237 Å². The third kappa shape index (κ3) is 5.90. The third-order valence-electron chi connectivity index (χ3n) is 6.48. The lowest BCUT2D eigenvalue weighted by Gasteiger charge is -2.31. The highest BCUT2D eigenvalue weighted by atomic mass is 32.2. The van der Waals surface area contributed by atoms with Crippen LogP contribution in [-0.4, -0.2) is 60.7 Å². The second-order valence-corrected chi connectivity index (χ2v) is 13.9. The number of thiazole rings is 1. The molecule has 4 aromatic rings. The molecule has 14 heteroatoms. The smallest absolute Gasteiger partial charge is 0.454 e. The maximum absolute atomic E-state index is 13.5. The number of ether oxygens (including phenoxy) is 1. The number of hydrogen-bond acceptors (Lipinski definition) is 8. The van der Waals surface area contributed by atoms with E-state index in [1.54, 1.807) is 29.8 Å². The maximum Gasteiger partial charge on any atom is 0.490 e. The van der Waals surface area contributed by atoms with Crippen molar-refractivity contribution in [3.63, 3.8) is 0 Å². The number of hydrogen-bond donors (Lipinski definition) is 1. The molecule has 5 rings (SSSR count). The fourth-order valence-corrected chi connectivity index (χ4v) is 8.51. The van der Waals surface area contributed by atoms with E-state index in [0.29, 0.717) is 42.1 Å². The largest absolute Gasteiger partial charge is 0.490 e. The van der Waals surface area contributed by atoms with E-state index >= 15 is 0 Å². The molecule has 1 aliphatic rings. The number of halogens is 3. The summed E-state index contributed by atoms with van der Waals surface area (Å²) in [5.74, 6) is -2.16. The van der Waals surface area contributed by atoms with Crippen LogP contribution in [0.1, 0.15) is 31.6 Å². The van der Waals surface area contributed by atoms with Gasteiger partial charge in [0.15, 0.2) is 0 Å². The molecule has 0 aliphatic carbocycles. The highest BCUT2D eigenvalue weighted by molar-refractivity contribution is 7.94. The molecule has 1 atom stereocenters. The van der Waals surface area contributed by atoms with Crippen LogP contribution in [0.2, 0.25) is 0 Å². The van der Waals surface area contributed by atoms with Crippen molar-refractivity contribution in [3.8, 4) is 10.7 Å². The Morgan fingerprint density at radius 1 is 1.27 bits per heavy atom. The van der Waals surface area contributed by atoms with Gasteiger partial charge in [0.25, 0.3) is 10.0 Å². The summed E-state index contributed by atoms with van der Waals surface area (Å²) in [6.07, 6.45) is -3.09. The number of nitrogens with zero attached hydrogens (tertiary/aromatic N) is 3. The zero-order valence-electron chi connectivity index (χ0n) is 21.6. The topological polar surface area (TPSA) is 95.6 Å². The van der Waals surface area contributed by atoms with E-state index in [9.17, 15) is 26.4 Å². The van der Waals surface area contributed by atoms with E-state index in [1.807, 2.05) is 36.9 Å². The number of rotatable bonds is 8. The Bertz CT molecular complexity index is 1600. The van der Waals surface area contributed by atoms with E-state index in [1.165, 1.54) is 27.0 Å². The van der Waals surface area contributed by atoms with Crippen molar-refractivity contribution in [3.05, 3.63) is 52.9 Å². The Balaban J connectivity index is 1.36. The van der Waals surface area contributed by atoms with E-state index in [4.69, 9.17) is 0 Å². The van der Waals surface area contributed by atoms with E-state index in [2.05, 4.69) is 14.7 Å². The van der Waals surface area contributed by atoms with Crippen LogP contribution in [-0.2, 0) is 26.1 Å². The molecule has 1 aromatic carbocycles. The lowest BCUT2D eigenvalue weighted by molar-refractivity contribution is -0.206. The van der Waals surface area contributed by atoms with Crippen molar-refractivity contribution in [2.45, 2.75) is 55.8 Å². The molecule has 1 aliphatic heterocycles. The first kappa shape index (κ1) is 28.6. The van der Waals surface area contributed by atoms with Gasteiger partial charge in [-0.25, -0.2) is 18.2 Å². The standard InChI is InChI=1S/C26H27F3N4O4S3/c1-16(2)33(40(35,36)22-9-5-11-38-22)21-8-3-6-17-12-20(31-23(17)21)24-30-13-19(39-24)15-32-10-4-7-18(14-32)37-25(34)26(27,28)29/h3,5-6,8-9,11-13,16,18,31H,4,7,10,14-15H2,1-2H3. The van der Waals surface area contributed by atoms with Crippen molar-refractivity contribution in [1.29, 1.82) is 0 Å². The average Bonchev–Trinajstić information content (AvgIpc) is 3.64. The predicted molar refractivity (Wildman–Crippen MR) is 149 cm³/mol. The van der Waals surface area contributed by atoms with Crippen LogP contribution in [0.3, 0.4) is 0 Å². The second-order valence-electron chi connectivity index (χ2n) is 9.79. The second kappa shape index (κ2) is 11.1. The third-order valence-corrected chi connectivity index (χ3v) is 10.9. The number of esters is 1. The summed E-state index contributed by atoms with van der Waals surface area (Å²) in [5, 5.41) is 3.27. The fraction of sp³-hybridized carbons (Fsp3) is 0.385. The molecule has 0 amide bonds. The number of benzene rings is 1. The molecule has 3 aromatic heterocycles. The summed E-state index contributed by atoms with van der Waals surface area (Å²) >= 11 is 2.61. The summed E-state index contributed by atoms with van der Waals surface area (Å²) in [6.45, 7) is 5.01. The zero-order valence-corrected chi connectivity index (χ0v) is 24.1. The van der Waals surface area contributed by atoms with Crippen LogP contribution < -0.4 is 4.31 Å². The summed E-state index contributed by atoms with van der Waals surface area (Å²) in [7, 11) is -3.77. The number of carbonyl (C=O) groups excluding carboxylic acids is 1. The lowest BCUT2D eigenvalue weighted by atomic mass is 10.1. The molecule has 0 spiro atoms. The highest BCUT2D eigenvalue weighted by Gasteiger charge is 2.42. The highest BCUT2D eigenvalue weighted by Crippen LogP contribution is 2.36. The van der Waals surface area contributed by atoms with Crippen LogP contribution >= 0.6 is 22.7 Å². The number of fused-ring (bicyclic) bond motifs is 1. The van der Waals surface area contributed by atoms with E-state index in [-0.39, 0.29) is 16.8 Å². The van der Waals surface area contributed by atoms with Gasteiger partial charge in [-0.3, -0.25) is 9.21 Å². The van der Waals surface area contributed by atoms with E-state index in [0.717, 1.165) is 16.0 Å². The van der Waals surface area contributed by atoms with Crippen molar-refractivity contribution in [2.75, 3.05) is 17.4 Å². The number of para-hydroxylation sites is 1. The number of anilines is 1. The van der Waals surface area contributed by atoms with Crippen molar-refractivity contribution in [1.82, 2.24) is 14.9 Å². The molecule has 0 radical (unpaired) electrons. The molecule has 1 saturated heterocycles. The molecule has 40 heavy (non-hydrogen) atoms. The number of aromatic amines is 1. The first-order valence-corrected chi connectivity index (χ1v) is 15.7. The number of nitrogens with one attached hydrogen (secondary N) is 1. The Morgan fingerprint density at radius 2 is 2.08 bits per heavy atom. The van der Waals surface area contributed by atoms with Crippen LogP contribution in [0.4, 0.5) is 18.9 Å². The molecule has 214 valence electrons.